The third kappa shape index (κ3) is 10.2. The standard InChI is InChI=1S/C49H59F2N4O8PS/c1-29(2)52-48-54-39(28-65-48)38-23-43(35-19-20-42(61-4)45(51)46(35)53-38)62-34-22-40-41(56)25-49(64(59,60)27-36-30(3)13-12-18-37(36)50)24-32(49)15-9-7-5-6-8-14-31(47(58)55(40)26-34)21-44(57)63-33-16-10-11-17-33/h9,12-13,15,18-20,23,28-29,31-34,40H,5-8,10-11,14,16-17,21-22,24-27H2,1-4H3,(H,52,54)(H,59,60)/b15-9-/t31-,32+,34-,40+,49-/m1/s1. The van der Waals surface area contributed by atoms with Gasteiger partial charge in [0.2, 0.25) is 13.3 Å². The highest BCUT2D eigenvalue weighted by Crippen LogP contribution is 2.74. The first-order valence-electron chi connectivity index (χ1n) is 23.0. The van der Waals surface area contributed by atoms with Crippen molar-refractivity contribution >= 4 is 52.4 Å². The van der Waals surface area contributed by atoms with Crippen LogP contribution in [0.5, 0.6) is 11.5 Å². The highest BCUT2D eigenvalue weighted by atomic mass is 32.1. The van der Waals surface area contributed by atoms with Crippen LogP contribution in [0, 0.1) is 30.4 Å². The molecule has 2 saturated carbocycles. The summed E-state index contributed by atoms with van der Waals surface area (Å²) in [6.07, 6.45) is 9.27. The number of methoxy groups -OCH3 is 1. The van der Waals surface area contributed by atoms with Gasteiger partial charge in [0.25, 0.3) is 0 Å². The number of nitrogens with one attached hydrogen (secondary N) is 1. The summed E-state index contributed by atoms with van der Waals surface area (Å²) in [7, 11) is -2.90. The number of ether oxygens (including phenoxy) is 3. The number of anilines is 1. The lowest BCUT2D eigenvalue weighted by molar-refractivity contribution is -0.154. The maximum absolute atomic E-state index is 16.0. The number of pyridine rings is 1. The smallest absolute Gasteiger partial charge is 0.306 e. The topological polar surface area (TPSA) is 157 Å². The van der Waals surface area contributed by atoms with Crippen LogP contribution in [0.25, 0.3) is 22.3 Å². The number of hydrogen-bond acceptors (Lipinski definition) is 11. The number of esters is 1. The van der Waals surface area contributed by atoms with Crippen LogP contribution in [-0.4, -0.2) is 80.5 Å². The van der Waals surface area contributed by atoms with Crippen LogP contribution in [0.3, 0.4) is 0 Å². The Balaban J connectivity index is 1.15. The number of carbonyl (C=O) groups is 3. The Morgan fingerprint density at radius 3 is 2.57 bits per heavy atom. The molecule has 6 atom stereocenters. The molecule has 1 saturated heterocycles. The Morgan fingerprint density at radius 1 is 1.03 bits per heavy atom. The van der Waals surface area contributed by atoms with Gasteiger partial charge in [-0.25, -0.2) is 18.7 Å². The van der Waals surface area contributed by atoms with E-state index in [0.29, 0.717) is 46.7 Å². The molecule has 1 amide bonds. The van der Waals surface area contributed by atoms with Gasteiger partial charge >= 0.3 is 5.97 Å². The molecule has 0 radical (unpaired) electrons. The Morgan fingerprint density at radius 2 is 1.82 bits per heavy atom. The molecule has 8 rings (SSSR count). The van der Waals surface area contributed by atoms with Crippen LogP contribution in [0.1, 0.15) is 108 Å². The third-order valence-corrected chi connectivity index (χ3v) is 17.2. The highest BCUT2D eigenvalue weighted by molar-refractivity contribution is 7.59. The first-order valence-corrected chi connectivity index (χ1v) is 25.7. The monoisotopic (exact) mass is 932 g/mol. The second-order valence-corrected chi connectivity index (χ2v) is 22.1. The van der Waals surface area contributed by atoms with Gasteiger partial charge in [0.1, 0.15) is 35.0 Å². The second kappa shape index (κ2) is 19.6. The lowest BCUT2D eigenvalue weighted by atomic mass is 9.94. The molecular formula is C49H59F2N4O8PS. The lowest BCUT2D eigenvalue weighted by Gasteiger charge is -2.30. The number of halogens is 2. The molecule has 16 heteroatoms. The zero-order valence-corrected chi connectivity index (χ0v) is 39.2. The van der Waals surface area contributed by atoms with Crippen molar-refractivity contribution in [1.29, 1.82) is 0 Å². The predicted molar refractivity (Wildman–Crippen MR) is 246 cm³/mol. The maximum atomic E-state index is 16.0. The number of aromatic nitrogens is 2. The summed E-state index contributed by atoms with van der Waals surface area (Å²) in [5.41, 5.74) is 1.51. The lowest BCUT2D eigenvalue weighted by Crippen LogP contribution is -2.45. The van der Waals surface area contributed by atoms with Gasteiger partial charge in [0, 0.05) is 47.2 Å². The van der Waals surface area contributed by atoms with Crippen molar-refractivity contribution in [3.05, 3.63) is 76.7 Å². The first kappa shape index (κ1) is 46.8. The van der Waals surface area contributed by atoms with Crippen molar-refractivity contribution in [2.24, 2.45) is 11.8 Å². The minimum Gasteiger partial charge on any atom is -0.494 e. The normalized spacial score (nSPS) is 25.6. The average molecular weight is 933 g/mol. The van der Waals surface area contributed by atoms with Gasteiger partial charge < -0.3 is 29.3 Å². The van der Waals surface area contributed by atoms with E-state index < -0.39 is 66.1 Å². The Kier molecular flexibility index (Phi) is 14.1. The minimum absolute atomic E-state index is 0.0115. The largest absolute Gasteiger partial charge is 0.494 e. The van der Waals surface area contributed by atoms with E-state index in [-0.39, 0.29) is 72.9 Å². The molecule has 2 N–H and O–H groups in total. The van der Waals surface area contributed by atoms with E-state index in [1.807, 2.05) is 31.4 Å². The number of ketones is 1. The van der Waals surface area contributed by atoms with Crippen LogP contribution in [0.4, 0.5) is 13.9 Å². The molecule has 0 bridgehead atoms. The van der Waals surface area contributed by atoms with Gasteiger partial charge in [-0.1, -0.05) is 37.1 Å². The van der Waals surface area contributed by atoms with Gasteiger partial charge in [0.05, 0.1) is 43.1 Å². The molecule has 3 fully saturated rings. The number of amides is 1. The molecule has 2 aromatic carbocycles. The SMILES string of the molecule is COc1ccc2c(O[C@@H]3C[C@H]4C(=O)C[C@]5(P(=O)(O)Cc6c(C)cccc6F)C[C@@H]5/C=C\CCCCC[C@H](CC(=O)OC5CCCC5)C(=O)N4C3)cc(-c3csc(NC(C)C)n3)nc2c1F. The molecule has 12 nitrogen and oxygen atoms in total. The molecule has 4 heterocycles. The third-order valence-electron chi connectivity index (χ3n) is 13.6. The number of allylic oxidation sites excluding steroid dienone is 2. The fraction of sp³-hybridized carbons (Fsp3) is 0.531. The van der Waals surface area contributed by atoms with Gasteiger partial charge in [-0.2, -0.15) is 0 Å². The van der Waals surface area contributed by atoms with E-state index in [2.05, 4.69) is 10.3 Å². The van der Waals surface area contributed by atoms with Crippen molar-refractivity contribution in [3.63, 3.8) is 0 Å². The molecule has 2 aliphatic carbocycles. The molecule has 2 aliphatic heterocycles. The van der Waals surface area contributed by atoms with Crippen LogP contribution in [0.2, 0.25) is 0 Å². The summed E-state index contributed by atoms with van der Waals surface area (Å²) in [5, 5.41) is 4.73. The molecule has 65 heavy (non-hydrogen) atoms. The number of rotatable bonds is 12. The van der Waals surface area contributed by atoms with E-state index >= 15 is 8.78 Å². The van der Waals surface area contributed by atoms with E-state index in [1.165, 1.54) is 35.5 Å². The van der Waals surface area contributed by atoms with Crippen LogP contribution in [-0.2, 0) is 29.8 Å². The zero-order valence-electron chi connectivity index (χ0n) is 37.5. The fourth-order valence-electron chi connectivity index (χ4n) is 9.95. The number of nitrogens with zero attached hydrogens (tertiary/aromatic N) is 3. The highest BCUT2D eigenvalue weighted by Gasteiger charge is 2.65. The van der Waals surface area contributed by atoms with E-state index in [1.54, 1.807) is 31.2 Å². The van der Waals surface area contributed by atoms with Gasteiger partial charge in [-0.05, 0) is 102 Å². The van der Waals surface area contributed by atoms with Crippen molar-refractivity contribution in [1.82, 2.24) is 14.9 Å². The van der Waals surface area contributed by atoms with Crippen molar-refractivity contribution in [2.75, 3.05) is 19.0 Å². The summed E-state index contributed by atoms with van der Waals surface area (Å²) in [6, 6.07) is 8.37. The summed E-state index contributed by atoms with van der Waals surface area (Å²) in [6.45, 7) is 5.64. The number of Topliss-reactive ketones (excluding diaryl/α,β-unsaturated/α-hetero) is 1. The molecular weight excluding hydrogens is 874 g/mol. The molecule has 4 aliphatic rings. The Labute approximate surface area is 383 Å². The molecule has 0 spiro atoms. The number of thiazole rings is 1. The van der Waals surface area contributed by atoms with E-state index in [4.69, 9.17) is 19.2 Å². The van der Waals surface area contributed by atoms with Crippen LogP contribution in [0.15, 0.2) is 53.9 Å². The van der Waals surface area contributed by atoms with Crippen molar-refractivity contribution < 1.29 is 46.8 Å². The Hall–Kier alpha value is -4.72. The Bertz CT molecular complexity index is 2490. The van der Waals surface area contributed by atoms with E-state index in [9.17, 15) is 23.8 Å². The number of fused-ring (bicyclic) bond motifs is 3. The number of carbonyl (C=O) groups excluding carboxylic acids is 3. The first-order chi connectivity index (χ1) is 31.2. The maximum Gasteiger partial charge on any atom is 0.306 e. The summed E-state index contributed by atoms with van der Waals surface area (Å²) in [4.78, 5) is 66.3. The molecule has 2 aromatic heterocycles. The quantitative estimate of drug-likeness (QED) is 0.0792. The number of benzene rings is 2. The van der Waals surface area contributed by atoms with Gasteiger partial charge in [-0.15, -0.1) is 11.3 Å². The molecule has 1 unspecified atom stereocenters. The van der Waals surface area contributed by atoms with Crippen molar-refractivity contribution in [2.45, 2.75) is 140 Å². The number of aryl methyl sites for hydroxylation is 1. The summed E-state index contributed by atoms with van der Waals surface area (Å²) < 4.78 is 63.9. The predicted octanol–water partition coefficient (Wildman–Crippen LogP) is 10.3. The summed E-state index contributed by atoms with van der Waals surface area (Å²) in [5.74, 6) is -3.44. The zero-order chi connectivity index (χ0) is 46.0. The molecule has 4 aromatic rings. The van der Waals surface area contributed by atoms with E-state index in [0.717, 1.165) is 38.5 Å². The van der Waals surface area contributed by atoms with Crippen LogP contribution >= 0.6 is 18.7 Å². The second-order valence-electron chi connectivity index (χ2n) is 18.6. The average Bonchev–Trinajstić information content (AvgIpc) is 3.68. The van der Waals surface area contributed by atoms with Gasteiger partial charge in [0.15, 0.2) is 22.5 Å². The minimum atomic E-state index is -4.27. The molecule has 348 valence electrons. The van der Waals surface area contributed by atoms with Gasteiger partial charge in [-0.3, -0.25) is 18.9 Å². The summed E-state index contributed by atoms with van der Waals surface area (Å²) >= 11 is 1.38. The van der Waals surface area contributed by atoms with Crippen molar-refractivity contribution in [3.8, 4) is 22.9 Å². The van der Waals surface area contributed by atoms with Crippen LogP contribution < -0.4 is 14.8 Å². The number of hydrogen-bond donors (Lipinski definition) is 2. The fourth-order valence-corrected chi connectivity index (χ4v) is 13.4.